The molecule has 1 amide bonds. The Labute approximate surface area is 206 Å². The van der Waals surface area contributed by atoms with Gasteiger partial charge in [0.15, 0.2) is 18.1 Å². The average Bonchev–Trinajstić information content (AvgIpc) is 2.82. The summed E-state index contributed by atoms with van der Waals surface area (Å²) in [6.07, 6.45) is 1.47. The van der Waals surface area contributed by atoms with E-state index in [-0.39, 0.29) is 18.3 Å². The van der Waals surface area contributed by atoms with Gasteiger partial charge in [0.05, 0.1) is 18.4 Å². The van der Waals surface area contributed by atoms with Gasteiger partial charge in [0.25, 0.3) is 5.91 Å². The van der Waals surface area contributed by atoms with Gasteiger partial charge in [0.2, 0.25) is 0 Å². The van der Waals surface area contributed by atoms with Gasteiger partial charge in [-0.3, -0.25) is 4.79 Å². The van der Waals surface area contributed by atoms with E-state index < -0.39 is 5.97 Å². The highest BCUT2D eigenvalue weighted by molar-refractivity contribution is 9.10. The summed E-state index contributed by atoms with van der Waals surface area (Å²) in [5, 5.41) is 3.96. The van der Waals surface area contributed by atoms with Crippen LogP contribution in [0.3, 0.4) is 0 Å². The third-order valence-corrected chi connectivity index (χ3v) is 5.33. The number of carbonyl (C=O) groups excluding carboxylic acids is 2. The predicted octanol–water partition coefficient (Wildman–Crippen LogP) is 5.21. The van der Waals surface area contributed by atoms with Crippen molar-refractivity contribution in [2.24, 2.45) is 5.10 Å². The molecule has 0 saturated heterocycles. The highest BCUT2D eigenvalue weighted by Crippen LogP contribution is 2.29. The number of hydrazone groups is 1. The van der Waals surface area contributed by atoms with Crippen molar-refractivity contribution in [3.05, 3.63) is 87.4 Å². The van der Waals surface area contributed by atoms with Crippen LogP contribution in [-0.4, -0.2) is 31.3 Å². The number of carbonyl (C=O) groups is 2. The van der Waals surface area contributed by atoms with E-state index in [9.17, 15) is 9.59 Å². The van der Waals surface area contributed by atoms with Crippen molar-refractivity contribution in [2.45, 2.75) is 20.8 Å². The van der Waals surface area contributed by atoms with Crippen LogP contribution in [0.4, 0.5) is 0 Å². The van der Waals surface area contributed by atoms with Crippen LogP contribution in [0.2, 0.25) is 0 Å². The van der Waals surface area contributed by atoms with Crippen LogP contribution >= 0.6 is 15.9 Å². The van der Waals surface area contributed by atoms with Gasteiger partial charge in [-0.25, -0.2) is 10.2 Å². The summed E-state index contributed by atoms with van der Waals surface area (Å²) in [5.74, 6) is 0.418. The molecule has 0 aliphatic carbocycles. The van der Waals surface area contributed by atoms with Crippen molar-refractivity contribution >= 4 is 34.0 Å². The zero-order valence-electron chi connectivity index (χ0n) is 19.1. The lowest BCUT2D eigenvalue weighted by Crippen LogP contribution is -2.24. The third-order valence-electron chi connectivity index (χ3n) is 4.80. The lowest BCUT2D eigenvalue weighted by molar-refractivity contribution is -0.123. The van der Waals surface area contributed by atoms with Gasteiger partial charge in [0.1, 0.15) is 5.75 Å². The number of benzene rings is 3. The highest BCUT2D eigenvalue weighted by Gasteiger charge is 2.13. The molecular formula is C26H25BrN2O5. The first-order chi connectivity index (χ1) is 16.4. The van der Waals surface area contributed by atoms with Crippen molar-refractivity contribution in [1.29, 1.82) is 0 Å². The first-order valence-electron chi connectivity index (χ1n) is 10.6. The standard InChI is InChI=1S/C26H25BrN2O5/c1-4-32-24-14-19(6-12-23(24)34-26(31)20-7-9-21(27)10-8-20)15-28-29-25(30)16-33-22-11-5-17(2)18(3)13-22/h5-15H,4,16H2,1-3H3,(H,29,30). The number of rotatable bonds is 9. The number of ether oxygens (including phenoxy) is 3. The van der Waals surface area contributed by atoms with Gasteiger partial charge in [0, 0.05) is 4.47 Å². The maximum Gasteiger partial charge on any atom is 0.343 e. The molecule has 0 heterocycles. The van der Waals surface area contributed by atoms with Gasteiger partial charge in [-0.05, 0) is 92.1 Å². The molecule has 0 unspecified atom stereocenters. The maximum absolute atomic E-state index is 12.4. The number of halogens is 1. The van der Waals surface area contributed by atoms with Gasteiger partial charge in [-0.1, -0.05) is 22.0 Å². The van der Waals surface area contributed by atoms with Gasteiger partial charge < -0.3 is 14.2 Å². The first kappa shape index (κ1) is 25.0. The average molecular weight is 525 g/mol. The Morgan fingerprint density at radius 3 is 2.41 bits per heavy atom. The van der Waals surface area contributed by atoms with Crippen molar-refractivity contribution in [3.8, 4) is 17.2 Å². The Morgan fingerprint density at radius 2 is 1.71 bits per heavy atom. The fourth-order valence-electron chi connectivity index (χ4n) is 2.87. The zero-order chi connectivity index (χ0) is 24.5. The molecule has 3 aromatic rings. The van der Waals surface area contributed by atoms with Gasteiger partial charge >= 0.3 is 5.97 Å². The minimum Gasteiger partial charge on any atom is -0.490 e. The van der Waals surface area contributed by atoms with Crippen molar-refractivity contribution in [1.82, 2.24) is 5.43 Å². The Morgan fingerprint density at radius 1 is 0.941 bits per heavy atom. The molecule has 0 aliphatic rings. The molecule has 176 valence electrons. The molecule has 0 saturated carbocycles. The minimum atomic E-state index is -0.495. The quantitative estimate of drug-likeness (QED) is 0.179. The summed E-state index contributed by atoms with van der Waals surface area (Å²) in [5.41, 5.74) is 5.74. The Balaban J connectivity index is 1.59. The number of hydrogen-bond donors (Lipinski definition) is 1. The van der Waals surface area contributed by atoms with Crippen molar-refractivity contribution in [2.75, 3.05) is 13.2 Å². The molecule has 3 aromatic carbocycles. The van der Waals surface area contributed by atoms with Crippen LogP contribution in [0.15, 0.2) is 70.2 Å². The molecule has 34 heavy (non-hydrogen) atoms. The highest BCUT2D eigenvalue weighted by atomic mass is 79.9. The first-order valence-corrected chi connectivity index (χ1v) is 11.4. The molecule has 1 N–H and O–H groups in total. The van der Waals surface area contributed by atoms with E-state index in [1.54, 1.807) is 42.5 Å². The topological polar surface area (TPSA) is 86.2 Å². The van der Waals surface area contributed by atoms with E-state index >= 15 is 0 Å². The van der Waals surface area contributed by atoms with E-state index in [0.29, 0.717) is 29.2 Å². The normalized spacial score (nSPS) is 10.7. The fourth-order valence-corrected chi connectivity index (χ4v) is 3.13. The van der Waals surface area contributed by atoms with E-state index in [1.165, 1.54) is 6.21 Å². The number of amides is 1. The van der Waals surface area contributed by atoms with Crippen LogP contribution < -0.4 is 19.6 Å². The second-order valence-corrected chi connectivity index (χ2v) is 8.28. The number of hydrogen-bond acceptors (Lipinski definition) is 6. The van der Waals surface area contributed by atoms with E-state index in [0.717, 1.165) is 15.6 Å². The smallest absolute Gasteiger partial charge is 0.343 e. The second-order valence-electron chi connectivity index (χ2n) is 7.36. The van der Waals surface area contributed by atoms with Crippen molar-refractivity contribution < 1.29 is 23.8 Å². The summed E-state index contributed by atoms with van der Waals surface area (Å²) in [7, 11) is 0. The lowest BCUT2D eigenvalue weighted by Gasteiger charge is -2.11. The summed E-state index contributed by atoms with van der Waals surface area (Å²) in [6.45, 7) is 6.05. The minimum absolute atomic E-state index is 0.158. The van der Waals surface area contributed by atoms with Crippen LogP contribution in [0, 0.1) is 13.8 Å². The molecule has 0 spiro atoms. The van der Waals surface area contributed by atoms with Crippen molar-refractivity contribution in [3.63, 3.8) is 0 Å². The summed E-state index contributed by atoms with van der Waals surface area (Å²) in [4.78, 5) is 24.5. The molecule has 0 radical (unpaired) electrons. The second kappa shape index (κ2) is 12.0. The van der Waals surface area contributed by atoms with Gasteiger partial charge in [-0.15, -0.1) is 0 Å². The van der Waals surface area contributed by atoms with Crippen LogP contribution in [0.5, 0.6) is 17.2 Å². The number of nitrogens with one attached hydrogen (secondary N) is 1. The van der Waals surface area contributed by atoms with Crippen LogP contribution in [0.1, 0.15) is 34.0 Å². The maximum atomic E-state index is 12.4. The Bertz CT molecular complexity index is 1190. The molecule has 7 nitrogen and oxygen atoms in total. The monoisotopic (exact) mass is 524 g/mol. The lowest BCUT2D eigenvalue weighted by atomic mass is 10.1. The SMILES string of the molecule is CCOc1cc(C=NNC(=O)COc2ccc(C)c(C)c2)ccc1OC(=O)c1ccc(Br)cc1. The van der Waals surface area contributed by atoms with E-state index in [1.807, 2.05) is 39.0 Å². The molecule has 3 rings (SSSR count). The summed E-state index contributed by atoms with van der Waals surface area (Å²) >= 11 is 3.34. The fraction of sp³-hybridized carbons (Fsp3) is 0.192. The molecule has 0 fully saturated rings. The van der Waals surface area contributed by atoms with Crippen LogP contribution in [-0.2, 0) is 4.79 Å². The molecule has 0 aromatic heterocycles. The van der Waals surface area contributed by atoms with Crippen LogP contribution in [0.25, 0.3) is 0 Å². The zero-order valence-corrected chi connectivity index (χ0v) is 20.7. The Kier molecular flexibility index (Phi) is 8.81. The summed E-state index contributed by atoms with van der Waals surface area (Å²) in [6, 6.07) is 17.5. The third kappa shape index (κ3) is 7.18. The van der Waals surface area contributed by atoms with Gasteiger partial charge in [-0.2, -0.15) is 5.10 Å². The predicted molar refractivity (Wildman–Crippen MR) is 134 cm³/mol. The molecule has 8 heteroatoms. The van der Waals surface area contributed by atoms with E-state index in [4.69, 9.17) is 14.2 Å². The molecular weight excluding hydrogens is 500 g/mol. The molecule has 0 bridgehead atoms. The molecule has 0 aliphatic heterocycles. The Hall–Kier alpha value is -3.65. The number of esters is 1. The van der Waals surface area contributed by atoms with E-state index in [2.05, 4.69) is 26.5 Å². The summed E-state index contributed by atoms with van der Waals surface area (Å²) < 4.78 is 17.5. The number of nitrogens with zero attached hydrogens (tertiary/aromatic N) is 1. The molecule has 0 atom stereocenters. The number of aryl methyl sites for hydroxylation is 2. The largest absolute Gasteiger partial charge is 0.490 e.